The predicted molar refractivity (Wildman–Crippen MR) is 114 cm³/mol. The summed E-state index contributed by atoms with van der Waals surface area (Å²) >= 11 is 0. The first-order valence-electron chi connectivity index (χ1n) is 9.65. The van der Waals surface area contributed by atoms with E-state index in [4.69, 9.17) is 4.74 Å². The molecule has 2 atom stereocenters. The average molecular weight is 417 g/mol. The normalized spacial score (nSPS) is 13.9. The van der Waals surface area contributed by atoms with Gasteiger partial charge in [0.1, 0.15) is 6.10 Å². The van der Waals surface area contributed by atoms with Crippen LogP contribution in [0.1, 0.15) is 61.0 Å². The van der Waals surface area contributed by atoms with Crippen LogP contribution >= 0.6 is 0 Å². The van der Waals surface area contributed by atoms with E-state index >= 15 is 0 Å². The Morgan fingerprint density at radius 3 is 2.45 bits per heavy atom. The largest absolute Gasteiger partial charge is 0.482 e. The van der Waals surface area contributed by atoms with Crippen molar-refractivity contribution in [3.63, 3.8) is 0 Å². The van der Waals surface area contributed by atoms with Gasteiger partial charge in [-0.3, -0.25) is 4.79 Å². The van der Waals surface area contributed by atoms with Gasteiger partial charge in [0.05, 0.1) is 12.4 Å². The highest BCUT2D eigenvalue weighted by Gasteiger charge is 2.15. The minimum Gasteiger partial charge on any atom is -0.482 e. The van der Waals surface area contributed by atoms with Crippen molar-refractivity contribution >= 4 is 15.6 Å². The zero-order chi connectivity index (χ0) is 21.4. The lowest BCUT2D eigenvalue weighted by atomic mass is 10.0. The number of aryl methyl sites for hydroxylation is 1. The first kappa shape index (κ1) is 22.7. The predicted octanol–water partition coefficient (Wildman–Crippen LogP) is 4.47. The van der Waals surface area contributed by atoms with Gasteiger partial charge in [-0.15, -0.1) is 0 Å². The summed E-state index contributed by atoms with van der Waals surface area (Å²) in [6.45, 7) is 5.96. The topological polar surface area (TPSA) is 86.2 Å². The van der Waals surface area contributed by atoms with Crippen molar-refractivity contribution in [2.45, 2.75) is 46.1 Å². The Morgan fingerprint density at radius 1 is 1.21 bits per heavy atom. The van der Waals surface area contributed by atoms with Gasteiger partial charge in [-0.2, -0.15) is 0 Å². The number of aromatic nitrogens is 2. The molecule has 0 amide bonds. The van der Waals surface area contributed by atoms with Crippen LogP contribution in [0.5, 0.6) is 5.75 Å². The molecule has 0 bridgehead atoms. The Morgan fingerprint density at radius 2 is 1.86 bits per heavy atom. The third-order valence-corrected chi connectivity index (χ3v) is 5.19. The van der Waals surface area contributed by atoms with Crippen LogP contribution in [0.15, 0.2) is 48.1 Å². The maximum Gasteiger partial charge on any atom is 0.200 e. The molecule has 0 saturated heterocycles. The smallest absolute Gasteiger partial charge is 0.200 e. The second-order valence-electron chi connectivity index (χ2n) is 7.21. The van der Waals surface area contributed by atoms with Crippen LogP contribution in [-0.2, 0) is 9.84 Å². The number of carbonyl (C=O) groups is 1. The van der Waals surface area contributed by atoms with Gasteiger partial charge in [-0.25, -0.2) is 18.4 Å². The lowest BCUT2D eigenvalue weighted by molar-refractivity contribution is 0.0966. The standard InChI is InChI=1S/C22H28N2O4S/c1-5-21(19-9-7-6-8-17(19)3)28-18-14-23-22(24-15-18)20(25)11-10-16(2)12-13-29(4,26)27/h6-9,12-16,21H,5,10-11H2,1-4H3/b13-12+/t16-,21-/m0/s1. The molecule has 0 radical (unpaired) electrons. The SMILES string of the molecule is CC[C@H](Oc1cnc(C(=O)CC[C@H](C)/C=C/S(C)(=O)=O)nc1)c1ccccc1C. The fourth-order valence-corrected chi connectivity index (χ4v) is 3.40. The molecular formula is C22H28N2O4S. The van der Waals surface area contributed by atoms with Crippen LogP contribution in [0.25, 0.3) is 0 Å². The van der Waals surface area contributed by atoms with Crippen molar-refractivity contribution in [1.82, 2.24) is 9.97 Å². The van der Waals surface area contributed by atoms with Crippen LogP contribution in [0.2, 0.25) is 0 Å². The summed E-state index contributed by atoms with van der Waals surface area (Å²) in [5, 5.41) is 1.17. The number of Topliss-reactive ketones (excluding diaryl/α,β-unsaturated/α-hetero) is 1. The third-order valence-electron chi connectivity index (χ3n) is 4.54. The Bertz CT molecular complexity index is 953. The number of nitrogens with zero attached hydrogens (tertiary/aromatic N) is 2. The molecule has 0 aliphatic rings. The molecule has 0 saturated carbocycles. The van der Waals surface area contributed by atoms with Gasteiger partial charge in [-0.05, 0) is 36.8 Å². The molecule has 1 aromatic carbocycles. The number of allylic oxidation sites excluding steroid dienone is 1. The minimum absolute atomic E-state index is 0.0318. The quantitative estimate of drug-likeness (QED) is 0.531. The number of ether oxygens (including phenoxy) is 1. The number of rotatable bonds is 10. The molecule has 0 aliphatic heterocycles. The van der Waals surface area contributed by atoms with E-state index in [0.717, 1.165) is 23.8 Å². The molecule has 0 aliphatic carbocycles. The van der Waals surface area contributed by atoms with Crippen molar-refractivity contribution in [2.24, 2.45) is 5.92 Å². The van der Waals surface area contributed by atoms with E-state index in [9.17, 15) is 13.2 Å². The molecule has 0 unspecified atom stereocenters. The van der Waals surface area contributed by atoms with Crippen molar-refractivity contribution in [3.8, 4) is 5.75 Å². The monoisotopic (exact) mass is 416 g/mol. The molecule has 1 aromatic heterocycles. The number of ketones is 1. The van der Waals surface area contributed by atoms with Crippen LogP contribution < -0.4 is 4.74 Å². The number of sulfone groups is 1. The fourth-order valence-electron chi connectivity index (χ4n) is 2.84. The first-order chi connectivity index (χ1) is 13.7. The second kappa shape index (κ2) is 10.3. The summed E-state index contributed by atoms with van der Waals surface area (Å²) in [4.78, 5) is 20.6. The molecule has 7 heteroatoms. The van der Waals surface area contributed by atoms with E-state index in [2.05, 4.69) is 16.9 Å². The van der Waals surface area contributed by atoms with E-state index in [-0.39, 0.29) is 30.1 Å². The number of benzene rings is 1. The van der Waals surface area contributed by atoms with E-state index in [1.165, 1.54) is 17.8 Å². The summed E-state index contributed by atoms with van der Waals surface area (Å²) in [5.74, 6) is 0.444. The van der Waals surface area contributed by atoms with Crippen molar-refractivity contribution in [3.05, 3.63) is 65.1 Å². The zero-order valence-corrected chi connectivity index (χ0v) is 18.1. The van der Waals surface area contributed by atoms with Crippen LogP contribution in [0.4, 0.5) is 0 Å². The molecule has 0 N–H and O–H groups in total. The molecular weight excluding hydrogens is 388 g/mol. The summed E-state index contributed by atoms with van der Waals surface area (Å²) in [6, 6.07) is 8.07. The highest BCUT2D eigenvalue weighted by molar-refractivity contribution is 7.93. The van der Waals surface area contributed by atoms with E-state index < -0.39 is 9.84 Å². The van der Waals surface area contributed by atoms with Gasteiger partial charge < -0.3 is 4.74 Å². The Balaban J connectivity index is 1.96. The number of hydrogen-bond donors (Lipinski definition) is 0. The Hall–Kier alpha value is -2.54. The molecule has 6 nitrogen and oxygen atoms in total. The fraction of sp³-hybridized carbons (Fsp3) is 0.409. The van der Waals surface area contributed by atoms with E-state index in [1.807, 2.05) is 38.1 Å². The van der Waals surface area contributed by atoms with Crippen molar-refractivity contribution < 1.29 is 17.9 Å². The second-order valence-corrected chi connectivity index (χ2v) is 9.14. The summed E-state index contributed by atoms with van der Waals surface area (Å²) < 4.78 is 28.3. The average Bonchev–Trinajstić information content (AvgIpc) is 2.69. The maximum atomic E-state index is 12.3. The lowest BCUT2D eigenvalue weighted by Crippen LogP contribution is -2.10. The van der Waals surface area contributed by atoms with Gasteiger partial charge in [0, 0.05) is 18.1 Å². The summed E-state index contributed by atoms with van der Waals surface area (Å²) in [5.41, 5.74) is 2.28. The summed E-state index contributed by atoms with van der Waals surface area (Å²) in [6.07, 6.45) is 7.24. The van der Waals surface area contributed by atoms with Crippen molar-refractivity contribution in [1.29, 1.82) is 0 Å². The first-order valence-corrected chi connectivity index (χ1v) is 11.6. The number of carbonyl (C=O) groups excluding carboxylic acids is 1. The molecule has 1 heterocycles. The zero-order valence-electron chi connectivity index (χ0n) is 17.3. The van der Waals surface area contributed by atoms with Gasteiger partial charge >= 0.3 is 0 Å². The van der Waals surface area contributed by atoms with Crippen LogP contribution in [0, 0.1) is 12.8 Å². The lowest BCUT2D eigenvalue weighted by Gasteiger charge is -2.19. The molecule has 156 valence electrons. The summed E-state index contributed by atoms with van der Waals surface area (Å²) in [7, 11) is -3.15. The maximum absolute atomic E-state index is 12.3. The highest BCUT2D eigenvalue weighted by Crippen LogP contribution is 2.26. The third kappa shape index (κ3) is 7.42. The molecule has 2 rings (SSSR count). The van der Waals surface area contributed by atoms with E-state index in [0.29, 0.717) is 12.2 Å². The van der Waals surface area contributed by atoms with Crippen LogP contribution in [0.3, 0.4) is 0 Å². The van der Waals surface area contributed by atoms with Crippen LogP contribution in [-0.4, -0.2) is 30.4 Å². The molecule has 0 fully saturated rings. The molecule has 2 aromatic rings. The van der Waals surface area contributed by atoms with Gasteiger partial charge in [0.2, 0.25) is 0 Å². The van der Waals surface area contributed by atoms with Crippen molar-refractivity contribution in [2.75, 3.05) is 6.26 Å². The van der Waals surface area contributed by atoms with Gasteiger partial charge in [0.15, 0.2) is 27.2 Å². The molecule has 0 spiro atoms. The Labute approximate surface area is 173 Å². The Kier molecular flexibility index (Phi) is 8.08. The van der Waals surface area contributed by atoms with Gasteiger partial charge in [0.25, 0.3) is 0 Å². The number of hydrogen-bond acceptors (Lipinski definition) is 6. The molecule has 29 heavy (non-hydrogen) atoms. The minimum atomic E-state index is -3.15. The highest BCUT2D eigenvalue weighted by atomic mass is 32.2. The van der Waals surface area contributed by atoms with E-state index in [1.54, 1.807) is 6.08 Å². The van der Waals surface area contributed by atoms with Gasteiger partial charge in [-0.1, -0.05) is 44.2 Å².